The Morgan fingerprint density at radius 3 is 2.08 bits per heavy atom. The molecule has 1 aromatic heterocycles. The van der Waals surface area contributed by atoms with Gasteiger partial charge in [-0.3, -0.25) is 0 Å². The summed E-state index contributed by atoms with van der Waals surface area (Å²) in [6, 6.07) is 37.4. The molecule has 7 atom stereocenters. The molecule has 262 valence electrons. The summed E-state index contributed by atoms with van der Waals surface area (Å²) < 4.78 is 0. The topological polar surface area (TPSA) is 62.5 Å². The van der Waals surface area contributed by atoms with Gasteiger partial charge in [0, 0.05) is 17.0 Å². The van der Waals surface area contributed by atoms with Crippen LogP contribution in [0.3, 0.4) is 0 Å². The van der Waals surface area contributed by atoms with Gasteiger partial charge in [-0.1, -0.05) is 107 Å². The second-order valence-corrected chi connectivity index (χ2v) is 17.7. The zero-order valence-electron chi connectivity index (χ0n) is 31.1. The number of aromatic nitrogens is 3. The Morgan fingerprint density at radius 1 is 0.654 bits per heavy atom. The van der Waals surface area contributed by atoms with Crippen molar-refractivity contribution in [3.05, 3.63) is 125 Å². The van der Waals surface area contributed by atoms with Crippen molar-refractivity contribution in [2.24, 2.45) is 23.7 Å². The summed E-state index contributed by atoms with van der Waals surface area (Å²) in [5.74, 6) is 6.07. The highest BCUT2D eigenvalue weighted by Gasteiger charge is 2.49. The molecule has 3 saturated carbocycles. The Hall–Kier alpha value is -4.62. The molecule has 2 bridgehead atoms. The van der Waals surface area contributed by atoms with Gasteiger partial charge in [0.15, 0.2) is 11.6 Å². The van der Waals surface area contributed by atoms with Gasteiger partial charge in [-0.05, 0) is 138 Å². The number of fused-ring (bicyclic) bond motifs is 5. The van der Waals surface area contributed by atoms with Gasteiger partial charge in [0.1, 0.15) is 5.82 Å². The van der Waals surface area contributed by atoms with E-state index in [1.807, 2.05) is 6.07 Å². The van der Waals surface area contributed by atoms with Crippen LogP contribution < -0.4 is 0 Å². The summed E-state index contributed by atoms with van der Waals surface area (Å²) in [6.45, 7) is 9.69. The molecular formula is C48H50N4. The van der Waals surface area contributed by atoms with Crippen molar-refractivity contribution in [1.82, 2.24) is 15.0 Å². The van der Waals surface area contributed by atoms with Crippen LogP contribution in [0, 0.1) is 35.0 Å². The molecule has 4 aromatic carbocycles. The Kier molecular flexibility index (Phi) is 8.18. The summed E-state index contributed by atoms with van der Waals surface area (Å²) in [6.07, 6.45) is 9.89. The van der Waals surface area contributed by atoms with E-state index in [1.165, 1.54) is 54.4 Å². The SMILES string of the molecule is C[C@@H]1CC2C[C@H](C)CC(c3ccc(-c4nc(-c5cccc(-c6ccccc6)c5)nc(C5CCC6C(C5)c5ccc(C#N)cc5C6(C)C)n4)cc3)(C2)C1. The zero-order valence-corrected chi connectivity index (χ0v) is 31.1. The van der Waals surface area contributed by atoms with E-state index < -0.39 is 0 Å². The first-order valence-electron chi connectivity index (χ1n) is 19.8. The number of hydrogen-bond acceptors (Lipinski definition) is 4. The first-order valence-corrected chi connectivity index (χ1v) is 19.8. The van der Waals surface area contributed by atoms with Crippen LogP contribution in [-0.4, -0.2) is 15.0 Å². The third-order valence-electron chi connectivity index (χ3n) is 13.7. The monoisotopic (exact) mass is 682 g/mol. The van der Waals surface area contributed by atoms with Crippen molar-refractivity contribution in [2.45, 2.75) is 102 Å². The van der Waals surface area contributed by atoms with E-state index in [-0.39, 0.29) is 11.3 Å². The maximum atomic E-state index is 9.68. The van der Waals surface area contributed by atoms with Crippen molar-refractivity contribution in [1.29, 1.82) is 5.26 Å². The first-order chi connectivity index (χ1) is 25.2. The lowest BCUT2D eigenvalue weighted by atomic mass is 9.54. The van der Waals surface area contributed by atoms with Gasteiger partial charge >= 0.3 is 0 Å². The van der Waals surface area contributed by atoms with Crippen LogP contribution in [0.4, 0.5) is 0 Å². The fraction of sp³-hybridized carbons (Fsp3) is 0.417. The summed E-state index contributed by atoms with van der Waals surface area (Å²) in [7, 11) is 0. The van der Waals surface area contributed by atoms with Gasteiger partial charge in [-0.15, -0.1) is 0 Å². The number of nitrogens with zero attached hydrogens (tertiary/aromatic N) is 4. The van der Waals surface area contributed by atoms with Crippen molar-refractivity contribution < 1.29 is 0 Å². The number of nitriles is 1. The predicted molar refractivity (Wildman–Crippen MR) is 210 cm³/mol. The molecule has 0 radical (unpaired) electrons. The average molecular weight is 683 g/mol. The smallest absolute Gasteiger partial charge is 0.163 e. The van der Waals surface area contributed by atoms with Crippen LogP contribution in [0.25, 0.3) is 33.9 Å². The zero-order chi connectivity index (χ0) is 35.6. The van der Waals surface area contributed by atoms with Crippen LogP contribution in [0.1, 0.15) is 119 Å². The fourth-order valence-corrected chi connectivity index (χ4v) is 11.7. The molecular weight excluding hydrogens is 633 g/mol. The molecule has 52 heavy (non-hydrogen) atoms. The summed E-state index contributed by atoms with van der Waals surface area (Å²) in [4.78, 5) is 15.9. The second kappa shape index (κ2) is 12.8. The molecule has 4 nitrogen and oxygen atoms in total. The molecule has 9 rings (SSSR count). The fourth-order valence-electron chi connectivity index (χ4n) is 11.7. The van der Waals surface area contributed by atoms with Crippen LogP contribution >= 0.6 is 0 Å². The largest absolute Gasteiger partial charge is 0.213 e. The normalized spacial score (nSPS) is 28.8. The minimum Gasteiger partial charge on any atom is -0.213 e. The third-order valence-corrected chi connectivity index (χ3v) is 13.7. The first kappa shape index (κ1) is 33.2. The molecule has 4 aliphatic rings. The van der Waals surface area contributed by atoms with E-state index in [1.54, 1.807) is 0 Å². The molecule has 5 aromatic rings. The Balaban J connectivity index is 1.10. The van der Waals surface area contributed by atoms with Gasteiger partial charge < -0.3 is 0 Å². The molecule has 3 fully saturated rings. The van der Waals surface area contributed by atoms with Crippen LogP contribution in [0.15, 0.2) is 97.1 Å². The average Bonchev–Trinajstić information content (AvgIpc) is 3.39. The summed E-state index contributed by atoms with van der Waals surface area (Å²) in [5.41, 5.74) is 9.79. The van der Waals surface area contributed by atoms with Crippen molar-refractivity contribution in [2.75, 3.05) is 0 Å². The highest BCUT2D eigenvalue weighted by atomic mass is 15.0. The molecule has 5 unspecified atom stereocenters. The molecule has 1 heterocycles. The lowest BCUT2D eigenvalue weighted by Gasteiger charge is -2.50. The third kappa shape index (κ3) is 5.78. The highest BCUT2D eigenvalue weighted by molar-refractivity contribution is 5.71. The summed E-state index contributed by atoms with van der Waals surface area (Å²) >= 11 is 0. The molecule has 0 N–H and O–H groups in total. The minimum atomic E-state index is 0.0403. The van der Waals surface area contributed by atoms with E-state index >= 15 is 0 Å². The van der Waals surface area contributed by atoms with E-state index in [9.17, 15) is 5.26 Å². The van der Waals surface area contributed by atoms with E-state index in [0.717, 1.165) is 76.7 Å². The van der Waals surface area contributed by atoms with E-state index in [0.29, 0.717) is 17.3 Å². The second-order valence-electron chi connectivity index (χ2n) is 17.7. The van der Waals surface area contributed by atoms with Crippen LogP contribution in [0.5, 0.6) is 0 Å². The number of benzene rings is 4. The lowest BCUT2D eigenvalue weighted by Crippen LogP contribution is -2.42. The van der Waals surface area contributed by atoms with E-state index in [2.05, 4.69) is 125 Å². The van der Waals surface area contributed by atoms with Gasteiger partial charge in [0.05, 0.1) is 11.6 Å². The van der Waals surface area contributed by atoms with Crippen molar-refractivity contribution in [3.63, 3.8) is 0 Å². The van der Waals surface area contributed by atoms with Gasteiger partial charge in [-0.25, -0.2) is 15.0 Å². The minimum absolute atomic E-state index is 0.0403. The van der Waals surface area contributed by atoms with Crippen LogP contribution in [-0.2, 0) is 10.8 Å². The quantitative estimate of drug-likeness (QED) is 0.185. The van der Waals surface area contributed by atoms with Gasteiger partial charge in [-0.2, -0.15) is 5.26 Å². The lowest BCUT2D eigenvalue weighted by molar-refractivity contribution is 0.0780. The maximum absolute atomic E-state index is 9.68. The van der Waals surface area contributed by atoms with Gasteiger partial charge in [0.2, 0.25) is 0 Å². The van der Waals surface area contributed by atoms with Crippen molar-refractivity contribution >= 4 is 0 Å². The standard InChI is InChI=1S/C48H50N4/c1-30-21-33-22-31(2)27-48(26-30,28-33)39-17-14-35(15-18-39)44-50-45(37-12-8-11-36(24-37)34-9-6-5-7-10-34)52-46(51-44)38-16-20-42-41(25-38)40-19-13-32(29-49)23-43(40)47(42,3)4/h5-15,17-19,23-24,30-31,33,38,41-42H,16,20-22,25-28H2,1-4H3/t30-,31+,33?,38?,41?,42?,48?. The van der Waals surface area contributed by atoms with Gasteiger partial charge in [0.25, 0.3) is 0 Å². The Bertz CT molecular complexity index is 2140. The number of hydrogen-bond donors (Lipinski definition) is 0. The van der Waals surface area contributed by atoms with Crippen molar-refractivity contribution in [3.8, 4) is 40.0 Å². The predicted octanol–water partition coefficient (Wildman–Crippen LogP) is 11.8. The highest BCUT2D eigenvalue weighted by Crippen LogP contribution is 2.59. The molecule has 0 aliphatic heterocycles. The van der Waals surface area contributed by atoms with E-state index in [4.69, 9.17) is 15.0 Å². The number of rotatable bonds is 5. The Labute approximate surface area is 309 Å². The molecule has 4 aliphatic carbocycles. The maximum Gasteiger partial charge on any atom is 0.163 e. The molecule has 0 saturated heterocycles. The Morgan fingerprint density at radius 2 is 1.35 bits per heavy atom. The molecule has 0 spiro atoms. The summed E-state index contributed by atoms with van der Waals surface area (Å²) in [5, 5.41) is 9.68. The van der Waals surface area contributed by atoms with Crippen LogP contribution in [0.2, 0.25) is 0 Å². The molecule has 0 amide bonds. The molecule has 4 heteroatoms.